The van der Waals surface area contributed by atoms with E-state index in [1.165, 1.54) is 20.4 Å². The van der Waals surface area contributed by atoms with Crippen LogP contribution in [0.4, 0.5) is 0 Å². The molecule has 0 spiro atoms. The van der Waals surface area contributed by atoms with E-state index < -0.39 is 12.2 Å². The summed E-state index contributed by atoms with van der Waals surface area (Å²) in [4.78, 5) is 8.33. The molecule has 0 radical (unpaired) electrons. The summed E-state index contributed by atoms with van der Waals surface area (Å²) in [5.74, 6) is 0.576. The highest BCUT2D eigenvalue weighted by atomic mass is 16.5. The van der Waals surface area contributed by atoms with Gasteiger partial charge >= 0.3 is 0 Å². The summed E-state index contributed by atoms with van der Waals surface area (Å²) >= 11 is 0. The SMILES string of the molecule is CCOC(C(O)c1ncc(OC)nc1OC)C(C)(C)C. The van der Waals surface area contributed by atoms with Gasteiger partial charge in [-0.2, -0.15) is 4.98 Å². The molecule has 20 heavy (non-hydrogen) atoms. The van der Waals surface area contributed by atoms with Crippen molar-refractivity contribution in [2.24, 2.45) is 5.41 Å². The van der Waals surface area contributed by atoms with Crippen LogP contribution in [0.15, 0.2) is 6.20 Å². The lowest BCUT2D eigenvalue weighted by Crippen LogP contribution is -2.36. The highest BCUT2D eigenvalue weighted by molar-refractivity contribution is 5.25. The van der Waals surface area contributed by atoms with Crippen LogP contribution < -0.4 is 9.47 Å². The van der Waals surface area contributed by atoms with Crippen LogP contribution in [0.25, 0.3) is 0 Å². The third-order valence-corrected chi connectivity index (χ3v) is 2.91. The van der Waals surface area contributed by atoms with Gasteiger partial charge in [0.25, 0.3) is 0 Å². The predicted molar refractivity (Wildman–Crippen MR) is 75.0 cm³/mol. The van der Waals surface area contributed by atoms with Crippen LogP contribution >= 0.6 is 0 Å². The van der Waals surface area contributed by atoms with Crippen molar-refractivity contribution in [1.82, 2.24) is 9.97 Å². The summed E-state index contributed by atoms with van der Waals surface area (Å²) in [5.41, 5.74) is 0.101. The predicted octanol–water partition coefficient (Wildman–Crippen LogP) is 1.98. The Morgan fingerprint density at radius 1 is 1.25 bits per heavy atom. The Bertz CT molecular complexity index is 432. The number of rotatable bonds is 6. The molecule has 6 heteroatoms. The molecule has 0 saturated carbocycles. The van der Waals surface area contributed by atoms with Gasteiger partial charge in [-0.3, -0.25) is 0 Å². The van der Waals surface area contributed by atoms with Crippen LogP contribution in [0.2, 0.25) is 0 Å². The first-order valence-electron chi connectivity index (χ1n) is 6.59. The maximum atomic E-state index is 10.6. The molecule has 0 amide bonds. The largest absolute Gasteiger partial charge is 0.480 e. The van der Waals surface area contributed by atoms with Crippen LogP contribution in [-0.4, -0.2) is 42.0 Å². The number of aliphatic hydroxyl groups excluding tert-OH is 1. The van der Waals surface area contributed by atoms with E-state index in [-0.39, 0.29) is 11.3 Å². The molecule has 2 unspecified atom stereocenters. The second-order valence-electron chi connectivity index (χ2n) is 5.49. The molecule has 0 aliphatic heterocycles. The molecule has 6 nitrogen and oxygen atoms in total. The van der Waals surface area contributed by atoms with E-state index in [1.807, 2.05) is 27.7 Å². The van der Waals surface area contributed by atoms with Gasteiger partial charge in [-0.1, -0.05) is 20.8 Å². The number of aromatic nitrogens is 2. The molecule has 0 bridgehead atoms. The molecule has 0 aliphatic rings. The van der Waals surface area contributed by atoms with Crippen LogP contribution in [0.1, 0.15) is 39.5 Å². The number of nitrogens with zero attached hydrogens (tertiary/aromatic N) is 2. The number of hydrogen-bond acceptors (Lipinski definition) is 6. The van der Waals surface area contributed by atoms with Crippen LogP contribution in [-0.2, 0) is 4.74 Å². The molecule has 0 saturated heterocycles. The molecule has 1 aromatic rings. The van der Waals surface area contributed by atoms with E-state index in [0.717, 1.165) is 0 Å². The number of methoxy groups -OCH3 is 2. The fourth-order valence-electron chi connectivity index (χ4n) is 1.96. The van der Waals surface area contributed by atoms with Gasteiger partial charge in [0.15, 0.2) is 0 Å². The fourth-order valence-corrected chi connectivity index (χ4v) is 1.96. The summed E-state index contributed by atoms with van der Waals surface area (Å²) in [6, 6.07) is 0. The molecule has 1 rings (SSSR count). The van der Waals surface area contributed by atoms with Crippen molar-refractivity contribution < 1.29 is 19.3 Å². The maximum Gasteiger partial charge on any atom is 0.241 e. The Balaban J connectivity index is 3.14. The van der Waals surface area contributed by atoms with Crippen molar-refractivity contribution in [2.75, 3.05) is 20.8 Å². The summed E-state index contributed by atoms with van der Waals surface area (Å²) in [6.45, 7) is 8.40. The van der Waals surface area contributed by atoms with Crippen molar-refractivity contribution >= 4 is 0 Å². The van der Waals surface area contributed by atoms with Crippen molar-refractivity contribution in [1.29, 1.82) is 0 Å². The van der Waals surface area contributed by atoms with Gasteiger partial charge in [-0.15, -0.1) is 0 Å². The minimum absolute atomic E-state index is 0.241. The van der Waals surface area contributed by atoms with Crippen molar-refractivity contribution in [2.45, 2.75) is 39.9 Å². The lowest BCUT2D eigenvalue weighted by Gasteiger charge is -2.33. The second-order valence-corrected chi connectivity index (χ2v) is 5.49. The maximum absolute atomic E-state index is 10.6. The quantitative estimate of drug-likeness (QED) is 0.861. The standard InChI is InChI=1S/C14H24N2O4/c1-7-20-12(14(2,3)4)11(17)10-13(19-6)16-9(18-5)8-15-10/h8,11-12,17H,7H2,1-6H3. The van der Waals surface area contributed by atoms with Crippen LogP contribution in [0, 0.1) is 5.41 Å². The summed E-state index contributed by atoms with van der Waals surface area (Å²) in [5, 5.41) is 10.6. The van der Waals surface area contributed by atoms with E-state index in [1.54, 1.807) is 0 Å². The van der Waals surface area contributed by atoms with E-state index in [4.69, 9.17) is 14.2 Å². The zero-order valence-electron chi connectivity index (χ0n) is 13.0. The first kappa shape index (κ1) is 16.7. The fraction of sp³-hybridized carbons (Fsp3) is 0.714. The first-order chi connectivity index (χ1) is 9.35. The number of ether oxygens (including phenoxy) is 3. The average molecular weight is 284 g/mol. The van der Waals surface area contributed by atoms with Gasteiger partial charge in [0.05, 0.1) is 26.5 Å². The van der Waals surface area contributed by atoms with Gasteiger partial charge in [0.1, 0.15) is 11.8 Å². The van der Waals surface area contributed by atoms with Crippen LogP contribution in [0.5, 0.6) is 11.8 Å². The summed E-state index contributed by atoms with van der Waals surface area (Å²) in [7, 11) is 2.98. The molecule has 2 atom stereocenters. The summed E-state index contributed by atoms with van der Waals surface area (Å²) in [6.07, 6.45) is 0.111. The summed E-state index contributed by atoms with van der Waals surface area (Å²) < 4.78 is 15.9. The van der Waals surface area contributed by atoms with Gasteiger partial charge in [0.2, 0.25) is 11.8 Å². The Morgan fingerprint density at radius 3 is 2.35 bits per heavy atom. The average Bonchev–Trinajstić information content (AvgIpc) is 2.42. The Labute approximate surface area is 120 Å². The molecule has 0 aromatic carbocycles. The number of hydrogen-bond donors (Lipinski definition) is 1. The van der Waals surface area contributed by atoms with E-state index in [2.05, 4.69) is 9.97 Å². The van der Waals surface area contributed by atoms with Crippen molar-refractivity contribution in [3.8, 4) is 11.8 Å². The minimum Gasteiger partial charge on any atom is -0.480 e. The lowest BCUT2D eigenvalue weighted by atomic mass is 9.84. The van der Waals surface area contributed by atoms with E-state index in [0.29, 0.717) is 18.2 Å². The Hall–Kier alpha value is -1.40. The third-order valence-electron chi connectivity index (χ3n) is 2.91. The highest BCUT2D eigenvalue weighted by Crippen LogP contribution is 2.35. The Kier molecular flexibility index (Phi) is 5.71. The topological polar surface area (TPSA) is 73.7 Å². The van der Waals surface area contributed by atoms with E-state index in [9.17, 15) is 5.11 Å². The molecule has 0 fully saturated rings. The Morgan fingerprint density at radius 2 is 1.90 bits per heavy atom. The first-order valence-corrected chi connectivity index (χ1v) is 6.59. The zero-order valence-corrected chi connectivity index (χ0v) is 13.0. The normalized spacial score (nSPS) is 14.8. The van der Waals surface area contributed by atoms with Gasteiger partial charge < -0.3 is 19.3 Å². The molecular formula is C14H24N2O4. The molecule has 114 valence electrons. The lowest BCUT2D eigenvalue weighted by molar-refractivity contribution is -0.0920. The molecular weight excluding hydrogens is 260 g/mol. The second kappa shape index (κ2) is 6.85. The minimum atomic E-state index is -0.927. The molecule has 1 heterocycles. The third kappa shape index (κ3) is 3.80. The monoisotopic (exact) mass is 284 g/mol. The van der Waals surface area contributed by atoms with Crippen LogP contribution in [0.3, 0.4) is 0 Å². The zero-order chi connectivity index (χ0) is 15.3. The number of aliphatic hydroxyl groups is 1. The van der Waals surface area contributed by atoms with Gasteiger partial charge in [-0.05, 0) is 12.3 Å². The molecule has 1 N–H and O–H groups in total. The van der Waals surface area contributed by atoms with Crippen molar-refractivity contribution in [3.05, 3.63) is 11.9 Å². The molecule has 1 aromatic heterocycles. The molecule has 0 aliphatic carbocycles. The highest BCUT2D eigenvalue weighted by Gasteiger charge is 2.35. The smallest absolute Gasteiger partial charge is 0.241 e. The van der Waals surface area contributed by atoms with E-state index >= 15 is 0 Å². The van der Waals surface area contributed by atoms with Crippen molar-refractivity contribution in [3.63, 3.8) is 0 Å². The van der Waals surface area contributed by atoms with Gasteiger partial charge in [-0.25, -0.2) is 4.98 Å². The van der Waals surface area contributed by atoms with Gasteiger partial charge in [0, 0.05) is 6.61 Å².